The molecule has 1 heterocycles. The zero-order valence-corrected chi connectivity index (χ0v) is 15.7. The van der Waals surface area contributed by atoms with Crippen molar-refractivity contribution in [1.82, 2.24) is 9.62 Å². The smallest absolute Gasteiger partial charge is 0.223 e. The van der Waals surface area contributed by atoms with Crippen molar-refractivity contribution in [1.29, 1.82) is 0 Å². The highest BCUT2D eigenvalue weighted by Gasteiger charge is 2.31. The highest BCUT2D eigenvalue weighted by Crippen LogP contribution is 2.22. The Kier molecular flexibility index (Phi) is 6.95. The number of benzene rings is 1. The second-order valence-corrected chi connectivity index (χ2v) is 8.69. The van der Waals surface area contributed by atoms with Crippen molar-refractivity contribution in [2.75, 3.05) is 13.1 Å². The number of nitrogens with one attached hydrogen (secondary N) is 1. The Labute approximate surface area is 149 Å². The number of carbonyl (C=O) groups is 1. The Hall–Kier alpha value is -1.47. The van der Waals surface area contributed by atoms with Crippen LogP contribution in [0.1, 0.15) is 45.1 Å². The molecule has 0 aliphatic carbocycles. The van der Waals surface area contributed by atoms with Crippen LogP contribution in [0.25, 0.3) is 0 Å². The van der Waals surface area contributed by atoms with Gasteiger partial charge in [0.15, 0.2) is 0 Å². The molecule has 1 N–H and O–H groups in total. The van der Waals surface area contributed by atoms with Crippen LogP contribution in [0.15, 0.2) is 24.3 Å². The van der Waals surface area contributed by atoms with Crippen molar-refractivity contribution in [3.63, 3.8) is 0 Å². The summed E-state index contributed by atoms with van der Waals surface area (Å²) < 4.78 is 40.1. The summed E-state index contributed by atoms with van der Waals surface area (Å²) in [6.45, 7) is 4.66. The molecule has 0 spiro atoms. The number of nitrogens with zero attached hydrogens (tertiary/aromatic N) is 1. The third-order valence-corrected chi connectivity index (χ3v) is 6.45. The molecule has 0 radical (unpaired) electrons. The first-order valence-corrected chi connectivity index (χ1v) is 10.5. The predicted octanol–water partition coefficient (Wildman–Crippen LogP) is 2.67. The molecule has 1 aromatic rings. The molecule has 5 nitrogen and oxygen atoms in total. The molecular formula is C18H27FN2O3S. The molecule has 0 aromatic heterocycles. The van der Waals surface area contributed by atoms with Crippen molar-refractivity contribution in [2.24, 2.45) is 5.92 Å². The maximum absolute atomic E-state index is 13.7. The van der Waals surface area contributed by atoms with Gasteiger partial charge in [0, 0.05) is 30.6 Å². The maximum Gasteiger partial charge on any atom is 0.223 e. The van der Waals surface area contributed by atoms with Crippen LogP contribution < -0.4 is 5.32 Å². The van der Waals surface area contributed by atoms with Crippen molar-refractivity contribution < 1.29 is 17.6 Å². The average Bonchev–Trinajstić information content (AvgIpc) is 2.57. The fourth-order valence-electron chi connectivity index (χ4n) is 3.17. The van der Waals surface area contributed by atoms with Gasteiger partial charge in [-0.1, -0.05) is 31.5 Å². The number of carbonyl (C=O) groups excluding carboxylic acids is 1. The van der Waals surface area contributed by atoms with Gasteiger partial charge in [-0.2, -0.15) is 0 Å². The summed E-state index contributed by atoms with van der Waals surface area (Å²) in [6, 6.07) is 6.05. The second kappa shape index (κ2) is 8.76. The lowest BCUT2D eigenvalue weighted by Gasteiger charge is -2.31. The van der Waals surface area contributed by atoms with E-state index in [1.54, 1.807) is 6.07 Å². The molecule has 1 aliphatic rings. The Bertz CT molecular complexity index is 685. The van der Waals surface area contributed by atoms with E-state index < -0.39 is 15.8 Å². The molecule has 1 amide bonds. The zero-order chi connectivity index (χ0) is 18.4. The molecular weight excluding hydrogens is 343 g/mol. The van der Waals surface area contributed by atoms with E-state index in [4.69, 9.17) is 0 Å². The Morgan fingerprint density at radius 1 is 1.32 bits per heavy atom. The first-order valence-electron chi connectivity index (χ1n) is 8.85. The van der Waals surface area contributed by atoms with Crippen LogP contribution >= 0.6 is 0 Å². The van der Waals surface area contributed by atoms with Gasteiger partial charge in [-0.05, 0) is 32.3 Å². The van der Waals surface area contributed by atoms with Crippen LogP contribution in [-0.2, 0) is 20.6 Å². The van der Waals surface area contributed by atoms with Gasteiger partial charge in [-0.15, -0.1) is 0 Å². The normalized spacial score (nSPS) is 18.0. The van der Waals surface area contributed by atoms with Crippen LogP contribution in [-0.4, -0.2) is 37.8 Å². The summed E-state index contributed by atoms with van der Waals surface area (Å²) in [4.78, 5) is 12.2. The lowest BCUT2D eigenvalue weighted by molar-refractivity contribution is -0.126. The van der Waals surface area contributed by atoms with E-state index in [1.807, 2.05) is 6.92 Å². The number of rotatable bonds is 7. The summed E-state index contributed by atoms with van der Waals surface area (Å²) >= 11 is 0. The molecule has 1 fully saturated rings. The maximum atomic E-state index is 13.7. The number of piperidine rings is 1. The van der Waals surface area contributed by atoms with E-state index in [2.05, 4.69) is 12.2 Å². The molecule has 0 unspecified atom stereocenters. The number of amides is 1. The summed E-state index contributed by atoms with van der Waals surface area (Å²) in [5.74, 6) is -0.999. The Morgan fingerprint density at radius 2 is 1.96 bits per heavy atom. The van der Waals surface area contributed by atoms with Crippen LogP contribution in [0.3, 0.4) is 0 Å². The van der Waals surface area contributed by atoms with Crippen molar-refractivity contribution in [3.05, 3.63) is 35.6 Å². The molecule has 1 aliphatic heterocycles. The first-order chi connectivity index (χ1) is 11.8. The van der Waals surface area contributed by atoms with E-state index in [1.165, 1.54) is 22.5 Å². The number of hydrogen-bond acceptors (Lipinski definition) is 3. The van der Waals surface area contributed by atoms with Gasteiger partial charge in [0.1, 0.15) is 5.82 Å². The minimum absolute atomic E-state index is 0.00658. The third-order valence-electron chi connectivity index (χ3n) is 4.62. The molecule has 1 saturated heterocycles. The molecule has 0 saturated carbocycles. The topological polar surface area (TPSA) is 66.5 Å². The van der Waals surface area contributed by atoms with E-state index in [9.17, 15) is 17.6 Å². The van der Waals surface area contributed by atoms with Crippen LogP contribution in [0.4, 0.5) is 4.39 Å². The average molecular weight is 370 g/mol. The fraction of sp³-hybridized carbons (Fsp3) is 0.611. The summed E-state index contributed by atoms with van der Waals surface area (Å²) in [5.41, 5.74) is 0.177. The summed E-state index contributed by atoms with van der Waals surface area (Å²) in [6.07, 6.45) is 2.94. The molecule has 0 bridgehead atoms. The van der Waals surface area contributed by atoms with E-state index in [0.717, 1.165) is 12.8 Å². The van der Waals surface area contributed by atoms with Crippen molar-refractivity contribution >= 4 is 15.9 Å². The minimum Gasteiger partial charge on any atom is -0.353 e. The Balaban J connectivity index is 1.90. The number of sulfonamides is 1. The van der Waals surface area contributed by atoms with Gasteiger partial charge in [-0.25, -0.2) is 17.1 Å². The number of halogens is 1. The molecule has 140 valence electrons. The highest BCUT2D eigenvalue weighted by atomic mass is 32.2. The van der Waals surface area contributed by atoms with E-state index in [0.29, 0.717) is 25.9 Å². The molecule has 1 aromatic carbocycles. The summed E-state index contributed by atoms with van der Waals surface area (Å²) in [7, 11) is -3.58. The van der Waals surface area contributed by atoms with Crippen molar-refractivity contribution in [2.45, 2.75) is 51.3 Å². The van der Waals surface area contributed by atoms with Gasteiger partial charge in [-0.3, -0.25) is 4.79 Å². The van der Waals surface area contributed by atoms with E-state index in [-0.39, 0.29) is 29.2 Å². The van der Waals surface area contributed by atoms with Crippen molar-refractivity contribution in [3.8, 4) is 0 Å². The fourth-order valence-corrected chi connectivity index (χ4v) is 4.74. The minimum atomic E-state index is -3.58. The van der Waals surface area contributed by atoms with Gasteiger partial charge < -0.3 is 5.32 Å². The SMILES string of the molecule is CCC[C@@H](C)NC(=O)C1CCN(S(=O)(=O)Cc2ccccc2F)CC1. The molecule has 1 atom stereocenters. The molecule has 25 heavy (non-hydrogen) atoms. The van der Waals surface area contributed by atoms with Gasteiger partial charge in [0.2, 0.25) is 15.9 Å². The molecule has 7 heteroatoms. The van der Waals surface area contributed by atoms with Crippen LogP contribution in [0.2, 0.25) is 0 Å². The lowest BCUT2D eigenvalue weighted by atomic mass is 9.96. The Morgan fingerprint density at radius 3 is 2.56 bits per heavy atom. The standard InChI is InChI=1S/C18H27FN2O3S/c1-3-6-14(2)20-18(22)15-9-11-21(12-10-15)25(23,24)13-16-7-4-5-8-17(16)19/h4-5,7-8,14-15H,3,6,9-13H2,1-2H3,(H,20,22)/t14-/m1/s1. The van der Waals surface area contributed by atoms with Gasteiger partial charge in [0.05, 0.1) is 5.75 Å². The first kappa shape index (κ1) is 19.8. The molecule has 2 rings (SSSR count). The summed E-state index contributed by atoms with van der Waals surface area (Å²) in [5, 5.41) is 2.99. The third kappa shape index (κ3) is 5.51. The van der Waals surface area contributed by atoms with Crippen LogP contribution in [0, 0.1) is 11.7 Å². The predicted molar refractivity (Wildman–Crippen MR) is 95.8 cm³/mol. The number of hydrogen-bond donors (Lipinski definition) is 1. The van der Waals surface area contributed by atoms with Gasteiger partial charge in [0.25, 0.3) is 0 Å². The highest BCUT2D eigenvalue weighted by molar-refractivity contribution is 7.88. The second-order valence-electron chi connectivity index (χ2n) is 6.72. The largest absolute Gasteiger partial charge is 0.353 e. The van der Waals surface area contributed by atoms with Gasteiger partial charge >= 0.3 is 0 Å². The lowest BCUT2D eigenvalue weighted by Crippen LogP contribution is -2.45. The van der Waals surface area contributed by atoms with Crippen LogP contribution in [0.5, 0.6) is 0 Å². The zero-order valence-electron chi connectivity index (χ0n) is 14.9. The quantitative estimate of drug-likeness (QED) is 0.802. The van der Waals surface area contributed by atoms with E-state index >= 15 is 0 Å². The monoisotopic (exact) mass is 370 g/mol.